The van der Waals surface area contributed by atoms with Crippen LogP contribution < -0.4 is 29.4 Å². The van der Waals surface area contributed by atoms with Gasteiger partial charge in [-0.3, -0.25) is 0 Å². The van der Waals surface area contributed by atoms with Gasteiger partial charge in [-0.25, -0.2) is 0 Å². The van der Waals surface area contributed by atoms with E-state index in [0.717, 1.165) is 5.66 Å². The molecule has 0 radical (unpaired) electrons. The normalized spacial score (nSPS) is 12.1. The first-order valence-electron chi connectivity index (χ1n) is 30.2. The minimum absolute atomic E-state index is 0. The Hall–Kier alpha value is 1.63. The first-order valence-corrected chi connectivity index (χ1v) is 35.1. The Morgan fingerprint density at radius 1 is 0.219 bits per heavy atom. The lowest BCUT2D eigenvalue weighted by atomic mass is 10.0. The molecule has 0 aromatic carbocycles. The highest BCUT2D eigenvalue weighted by molar-refractivity contribution is 7.76. The molecule has 0 saturated carbocycles. The molecule has 0 N–H and O–H groups in total. The minimum atomic E-state index is -0.838. The summed E-state index contributed by atoms with van der Waals surface area (Å²) in [4.78, 5) is 0. The first kappa shape index (κ1) is 72.2. The van der Waals surface area contributed by atoms with Gasteiger partial charge >= 0.3 is 0 Å². The van der Waals surface area contributed by atoms with E-state index in [9.17, 15) is 0 Å². The maximum absolute atomic E-state index is 2.45. The fourth-order valence-electron chi connectivity index (χ4n) is 10.6. The Morgan fingerprint density at radius 3 is 0.703 bits per heavy atom. The molecule has 1 unspecified atom stereocenters. The molecule has 0 spiro atoms. The molecular weight excluding hydrogens is 898 g/mol. The van der Waals surface area contributed by atoms with Gasteiger partial charge in [-0.05, 0) is 77.0 Å². The Kier molecular flexibility index (Phi) is 66.5. The van der Waals surface area contributed by atoms with Crippen LogP contribution in [0.2, 0.25) is 0 Å². The summed E-state index contributed by atoms with van der Waals surface area (Å²) in [5, 5.41) is 0. The predicted octanol–water partition coefficient (Wildman–Crippen LogP) is 17.3. The van der Waals surface area contributed by atoms with Crippen LogP contribution in [0.25, 0.3) is 0 Å². The SMILES string of the molecule is CCCCCCCCCCCCCCCC[P+](CCCC)(CCCC)C(CCCC)CCCCCCCCCCCCCCC.CCCC[P+](CCCC)(CCCC)CCCC.[Br-].[Cl-]. The molecule has 0 nitrogen and oxygen atoms in total. The smallest absolute Gasteiger partial charge is 0.0697 e. The molecule has 0 aliphatic rings. The molecular formula is C60H128BrClP2. The van der Waals surface area contributed by atoms with Crippen molar-refractivity contribution in [3.63, 3.8) is 0 Å². The zero-order valence-electron chi connectivity index (χ0n) is 46.6. The van der Waals surface area contributed by atoms with Crippen LogP contribution in [-0.2, 0) is 0 Å². The molecule has 0 aliphatic heterocycles. The van der Waals surface area contributed by atoms with E-state index < -0.39 is 14.5 Å². The maximum atomic E-state index is 2.45. The Balaban J connectivity index is -0.000000797. The standard InChI is InChI=1S/C44H92P.C16H36P.BrH.ClH/c1-6-11-16-18-20-22-24-26-28-30-32-34-36-38-43-45(41-14-9-4,42-15-10-5)44(39-13-8-3)40-37-35-33-31-29-27-25-23-21-19-17-12-7-2;1-5-9-13-17(14-10-6-2,15-11-7-3)16-12-8-4;;/h44H,6-43H2,1-5H3;5-16H2,1-4H3;2*1H/q2*+1;;/p-2. The summed E-state index contributed by atoms with van der Waals surface area (Å²) in [5.74, 6) is 0. The molecule has 0 rings (SSSR count). The number of hydrogen-bond acceptors (Lipinski definition) is 0. The van der Waals surface area contributed by atoms with Gasteiger partial charge in [-0.2, -0.15) is 0 Å². The summed E-state index contributed by atoms with van der Waals surface area (Å²) in [7, 11) is -1.40. The Labute approximate surface area is 428 Å². The largest absolute Gasteiger partial charge is 1.00 e. The lowest BCUT2D eigenvalue weighted by Gasteiger charge is -2.36. The van der Waals surface area contributed by atoms with Crippen LogP contribution in [0.1, 0.15) is 338 Å². The second-order valence-electron chi connectivity index (χ2n) is 21.2. The van der Waals surface area contributed by atoms with Gasteiger partial charge in [-0.1, -0.05) is 261 Å². The van der Waals surface area contributed by atoms with Crippen molar-refractivity contribution >= 4 is 14.5 Å². The van der Waals surface area contributed by atoms with Crippen LogP contribution in [0.3, 0.4) is 0 Å². The van der Waals surface area contributed by atoms with Gasteiger partial charge in [0.2, 0.25) is 0 Å². The molecule has 4 heteroatoms. The van der Waals surface area contributed by atoms with Crippen LogP contribution in [0, 0.1) is 0 Å². The van der Waals surface area contributed by atoms with E-state index in [1.54, 1.807) is 62.4 Å². The van der Waals surface area contributed by atoms with Crippen molar-refractivity contribution in [1.29, 1.82) is 0 Å². The van der Waals surface area contributed by atoms with Gasteiger partial charge in [-0.15, -0.1) is 0 Å². The second kappa shape index (κ2) is 58.9. The predicted molar refractivity (Wildman–Crippen MR) is 301 cm³/mol. The van der Waals surface area contributed by atoms with Gasteiger partial charge in [0.05, 0.1) is 48.8 Å². The fraction of sp³-hybridized carbons (Fsp3) is 1.00. The van der Waals surface area contributed by atoms with Gasteiger partial charge < -0.3 is 29.4 Å². The van der Waals surface area contributed by atoms with E-state index in [-0.39, 0.29) is 29.4 Å². The average Bonchev–Trinajstić information content (AvgIpc) is 3.29. The van der Waals surface area contributed by atoms with Gasteiger partial charge in [0.1, 0.15) is 0 Å². The topological polar surface area (TPSA) is 0 Å². The average molecular weight is 1030 g/mol. The van der Waals surface area contributed by atoms with Crippen molar-refractivity contribution in [2.45, 2.75) is 344 Å². The third-order valence-corrected chi connectivity index (χ3v) is 25.9. The number of hydrogen-bond donors (Lipinski definition) is 0. The van der Waals surface area contributed by atoms with Crippen molar-refractivity contribution in [2.75, 3.05) is 43.1 Å². The second-order valence-corrected chi connectivity index (χ2v) is 30.2. The van der Waals surface area contributed by atoms with E-state index in [1.165, 1.54) is 257 Å². The highest BCUT2D eigenvalue weighted by atomic mass is 79.9. The Morgan fingerprint density at radius 2 is 0.422 bits per heavy atom. The molecule has 0 aromatic heterocycles. The van der Waals surface area contributed by atoms with Crippen molar-refractivity contribution in [1.82, 2.24) is 0 Å². The lowest BCUT2D eigenvalue weighted by Crippen LogP contribution is -3.00. The van der Waals surface area contributed by atoms with E-state index in [1.807, 2.05) is 0 Å². The Bertz CT molecular complexity index is 761. The summed E-state index contributed by atoms with van der Waals surface area (Å²) in [5.41, 5.74) is 1.10. The van der Waals surface area contributed by atoms with E-state index >= 15 is 0 Å². The van der Waals surface area contributed by atoms with Gasteiger partial charge in [0.15, 0.2) is 0 Å². The fourth-order valence-corrected chi connectivity index (χ4v) is 21.9. The molecule has 0 saturated heterocycles. The maximum Gasteiger partial charge on any atom is 0.0697 e. The molecule has 0 aromatic rings. The van der Waals surface area contributed by atoms with E-state index in [0.29, 0.717) is 0 Å². The highest BCUT2D eigenvalue weighted by Gasteiger charge is 2.43. The zero-order valence-corrected chi connectivity index (χ0v) is 50.7. The molecule has 0 fully saturated rings. The van der Waals surface area contributed by atoms with E-state index in [2.05, 4.69) is 62.3 Å². The molecule has 1 atom stereocenters. The summed E-state index contributed by atoms with van der Waals surface area (Å²) >= 11 is 0. The number of halogens is 2. The number of unbranched alkanes of at least 4 members (excludes halogenated alkanes) is 32. The van der Waals surface area contributed by atoms with Crippen molar-refractivity contribution in [3.8, 4) is 0 Å². The van der Waals surface area contributed by atoms with Crippen LogP contribution in [-0.4, -0.2) is 48.8 Å². The van der Waals surface area contributed by atoms with Crippen molar-refractivity contribution in [2.24, 2.45) is 0 Å². The first-order chi connectivity index (χ1) is 30.4. The molecule has 0 bridgehead atoms. The number of rotatable bonds is 51. The minimum Gasteiger partial charge on any atom is -1.00 e. The molecule has 0 amide bonds. The zero-order chi connectivity index (χ0) is 45.9. The van der Waals surface area contributed by atoms with Gasteiger partial charge in [0, 0.05) is 14.5 Å². The molecule has 64 heavy (non-hydrogen) atoms. The quantitative estimate of drug-likeness (QED) is 0.0421. The van der Waals surface area contributed by atoms with Crippen LogP contribution in [0.5, 0.6) is 0 Å². The highest BCUT2D eigenvalue weighted by Crippen LogP contribution is 2.67. The van der Waals surface area contributed by atoms with Crippen molar-refractivity contribution in [3.05, 3.63) is 0 Å². The molecule has 0 heterocycles. The summed E-state index contributed by atoms with van der Waals surface area (Å²) < 4.78 is 0. The molecule has 392 valence electrons. The third kappa shape index (κ3) is 46.0. The van der Waals surface area contributed by atoms with Crippen LogP contribution >= 0.6 is 14.5 Å². The van der Waals surface area contributed by atoms with Gasteiger partial charge in [0.25, 0.3) is 0 Å². The van der Waals surface area contributed by atoms with E-state index in [4.69, 9.17) is 0 Å². The summed E-state index contributed by atoms with van der Waals surface area (Å²) in [6.45, 7) is 21.4. The summed E-state index contributed by atoms with van der Waals surface area (Å²) in [6.07, 6.45) is 74.8. The monoisotopic (exact) mass is 1020 g/mol. The third-order valence-electron chi connectivity index (χ3n) is 15.1. The van der Waals surface area contributed by atoms with Crippen LogP contribution in [0.15, 0.2) is 0 Å². The molecule has 0 aliphatic carbocycles. The van der Waals surface area contributed by atoms with Crippen LogP contribution in [0.4, 0.5) is 0 Å². The van der Waals surface area contributed by atoms with Crippen molar-refractivity contribution < 1.29 is 29.4 Å². The summed E-state index contributed by atoms with van der Waals surface area (Å²) in [6, 6.07) is 0. The lowest BCUT2D eigenvalue weighted by molar-refractivity contribution is -0.00100.